The van der Waals surface area contributed by atoms with Crippen LogP contribution in [-0.2, 0) is 16.0 Å². The molecule has 2 nitrogen and oxygen atoms in total. The number of hydrogen-bond acceptors (Lipinski definition) is 2. The summed E-state index contributed by atoms with van der Waals surface area (Å²) in [6.07, 6.45) is 2.39. The van der Waals surface area contributed by atoms with Gasteiger partial charge in [-0.25, -0.2) is 0 Å². The Balaban J connectivity index is 2.55. The van der Waals surface area contributed by atoms with Gasteiger partial charge < -0.3 is 4.74 Å². The summed E-state index contributed by atoms with van der Waals surface area (Å²) in [7, 11) is 0. The zero-order valence-electron chi connectivity index (χ0n) is 10.6. The number of carbonyl (C=O) groups is 1. The molecule has 0 amide bonds. The maximum Gasteiger partial charge on any atom is 0.303 e. The Labute approximate surface area is 103 Å². The van der Waals surface area contributed by atoms with Crippen molar-refractivity contribution in [3.63, 3.8) is 0 Å². The lowest BCUT2D eigenvalue weighted by molar-refractivity contribution is -0.144. The lowest BCUT2D eigenvalue weighted by atomic mass is 10.0. The summed E-state index contributed by atoms with van der Waals surface area (Å²) >= 11 is 0. The minimum absolute atomic E-state index is 0.155. The molecule has 0 aromatic heterocycles. The smallest absolute Gasteiger partial charge is 0.303 e. The van der Waals surface area contributed by atoms with Gasteiger partial charge in [-0.1, -0.05) is 43.8 Å². The first-order chi connectivity index (χ1) is 8.13. The fourth-order valence-corrected chi connectivity index (χ4v) is 1.72. The Hall–Kier alpha value is -1.57. The van der Waals surface area contributed by atoms with Gasteiger partial charge in [0.2, 0.25) is 0 Å². The third-order valence-corrected chi connectivity index (χ3v) is 2.76. The molecule has 0 spiro atoms. The minimum atomic E-state index is -0.238. The molecule has 17 heavy (non-hydrogen) atoms. The average Bonchev–Trinajstić information content (AvgIpc) is 2.34. The lowest BCUT2D eigenvalue weighted by Gasteiger charge is -2.18. The second kappa shape index (κ2) is 6.89. The van der Waals surface area contributed by atoms with Gasteiger partial charge in [-0.2, -0.15) is 0 Å². The number of carbonyl (C=O) groups excluding carboxylic acids is 1. The van der Waals surface area contributed by atoms with E-state index < -0.39 is 0 Å². The standard InChI is InChI=1S/C15H20O2/c1-4-12(2)15(17-13(3)16)11-10-14-8-6-5-7-9-14/h5-9,15H,2,4,10-11H2,1,3H3. The van der Waals surface area contributed by atoms with Gasteiger partial charge in [0.25, 0.3) is 0 Å². The van der Waals surface area contributed by atoms with E-state index in [9.17, 15) is 4.79 Å². The van der Waals surface area contributed by atoms with E-state index >= 15 is 0 Å². The third kappa shape index (κ3) is 4.85. The van der Waals surface area contributed by atoms with Gasteiger partial charge in [0.15, 0.2) is 0 Å². The van der Waals surface area contributed by atoms with Gasteiger partial charge in [-0.15, -0.1) is 0 Å². The average molecular weight is 232 g/mol. The summed E-state index contributed by atoms with van der Waals surface area (Å²) < 4.78 is 5.29. The molecule has 1 aromatic carbocycles. The Morgan fingerprint density at radius 1 is 1.35 bits per heavy atom. The number of ether oxygens (including phenoxy) is 1. The largest absolute Gasteiger partial charge is 0.458 e. The van der Waals surface area contributed by atoms with Crippen LogP contribution in [0.2, 0.25) is 0 Å². The van der Waals surface area contributed by atoms with E-state index in [0.717, 1.165) is 24.8 Å². The van der Waals surface area contributed by atoms with Gasteiger partial charge in [0.1, 0.15) is 6.10 Å². The van der Waals surface area contributed by atoms with E-state index in [4.69, 9.17) is 4.74 Å². The highest BCUT2D eigenvalue weighted by atomic mass is 16.5. The molecule has 1 rings (SSSR count). The fraction of sp³-hybridized carbons (Fsp3) is 0.400. The van der Waals surface area contributed by atoms with E-state index in [1.807, 2.05) is 25.1 Å². The molecule has 1 unspecified atom stereocenters. The molecular weight excluding hydrogens is 212 g/mol. The van der Waals surface area contributed by atoms with Crippen LogP contribution in [0, 0.1) is 0 Å². The van der Waals surface area contributed by atoms with Crippen LogP contribution in [0.3, 0.4) is 0 Å². The van der Waals surface area contributed by atoms with Crippen LogP contribution in [-0.4, -0.2) is 12.1 Å². The zero-order chi connectivity index (χ0) is 12.7. The molecule has 0 fully saturated rings. The highest BCUT2D eigenvalue weighted by molar-refractivity contribution is 5.66. The monoisotopic (exact) mass is 232 g/mol. The highest BCUT2D eigenvalue weighted by Crippen LogP contribution is 2.16. The van der Waals surface area contributed by atoms with Crippen molar-refractivity contribution in [3.8, 4) is 0 Å². The van der Waals surface area contributed by atoms with Crippen LogP contribution in [0.25, 0.3) is 0 Å². The molecule has 2 heteroatoms. The van der Waals surface area contributed by atoms with Crippen molar-refractivity contribution in [2.75, 3.05) is 0 Å². The van der Waals surface area contributed by atoms with Crippen molar-refractivity contribution in [1.82, 2.24) is 0 Å². The zero-order valence-corrected chi connectivity index (χ0v) is 10.6. The minimum Gasteiger partial charge on any atom is -0.458 e. The summed E-state index contributed by atoms with van der Waals surface area (Å²) in [6.45, 7) is 7.43. The maximum absolute atomic E-state index is 11.0. The van der Waals surface area contributed by atoms with Crippen molar-refractivity contribution in [2.45, 2.75) is 39.2 Å². The Morgan fingerprint density at radius 3 is 2.53 bits per heavy atom. The third-order valence-electron chi connectivity index (χ3n) is 2.76. The van der Waals surface area contributed by atoms with Gasteiger partial charge in [-0.3, -0.25) is 4.79 Å². The molecule has 0 aliphatic heterocycles. The fourth-order valence-electron chi connectivity index (χ4n) is 1.72. The maximum atomic E-state index is 11.0. The molecule has 0 saturated heterocycles. The van der Waals surface area contributed by atoms with Crippen molar-refractivity contribution < 1.29 is 9.53 Å². The molecule has 1 aromatic rings. The number of benzene rings is 1. The summed E-state index contributed by atoms with van der Waals surface area (Å²) in [5, 5.41) is 0. The van der Waals surface area contributed by atoms with Crippen LogP contribution in [0.5, 0.6) is 0 Å². The SMILES string of the molecule is C=C(CC)C(CCc1ccccc1)OC(C)=O. The van der Waals surface area contributed by atoms with Gasteiger partial charge >= 0.3 is 5.97 Å². The lowest BCUT2D eigenvalue weighted by Crippen LogP contribution is -2.19. The topological polar surface area (TPSA) is 26.3 Å². The van der Waals surface area contributed by atoms with E-state index in [0.29, 0.717) is 0 Å². The molecule has 0 aliphatic rings. The first-order valence-electron chi connectivity index (χ1n) is 6.02. The number of rotatable bonds is 6. The number of hydrogen-bond donors (Lipinski definition) is 0. The van der Waals surface area contributed by atoms with Crippen molar-refractivity contribution in [2.24, 2.45) is 0 Å². The predicted molar refractivity (Wildman–Crippen MR) is 69.7 cm³/mol. The first-order valence-corrected chi connectivity index (χ1v) is 6.02. The second-order valence-corrected chi connectivity index (χ2v) is 4.13. The van der Waals surface area contributed by atoms with Gasteiger partial charge in [-0.05, 0) is 30.4 Å². The Bertz CT molecular complexity index is 368. The second-order valence-electron chi connectivity index (χ2n) is 4.13. The van der Waals surface area contributed by atoms with E-state index in [1.165, 1.54) is 12.5 Å². The van der Waals surface area contributed by atoms with E-state index in [2.05, 4.69) is 18.7 Å². The Kier molecular flexibility index (Phi) is 5.47. The summed E-state index contributed by atoms with van der Waals surface area (Å²) in [5.41, 5.74) is 2.24. The quantitative estimate of drug-likeness (QED) is 0.554. The van der Waals surface area contributed by atoms with Gasteiger partial charge in [0.05, 0.1) is 0 Å². The van der Waals surface area contributed by atoms with E-state index in [1.54, 1.807) is 0 Å². The molecular formula is C15H20O2. The summed E-state index contributed by atoms with van der Waals surface area (Å²) in [5.74, 6) is -0.238. The normalized spacial score (nSPS) is 11.9. The summed E-state index contributed by atoms with van der Waals surface area (Å²) in [6, 6.07) is 10.2. The van der Waals surface area contributed by atoms with Crippen LogP contribution >= 0.6 is 0 Å². The Morgan fingerprint density at radius 2 is 2.00 bits per heavy atom. The van der Waals surface area contributed by atoms with Crippen LogP contribution in [0.4, 0.5) is 0 Å². The predicted octanol–water partition coefficient (Wildman–Crippen LogP) is 3.52. The molecule has 1 atom stereocenters. The molecule has 0 N–H and O–H groups in total. The molecule has 0 radical (unpaired) electrons. The summed E-state index contributed by atoms with van der Waals surface area (Å²) in [4.78, 5) is 11.0. The molecule has 0 bridgehead atoms. The number of esters is 1. The van der Waals surface area contributed by atoms with Gasteiger partial charge in [0, 0.05) is 6.92 Å². The number of aryl methyl sites for hydroxylation is 1. The van der Waals surface area contributed by atoms with Crippen LogP contribution in [0.15, 0.2) is 42.5 Å². The molecule has 0 saturated carbocycles. The highest BCUT2D eigenvalue weighted by Gasteiger charge is 2.14. The van der Waals surface area contributed by atoms with Crippen molar-refractivity contribution in [3.05, 3.63) is 48.0 Å². The van der Waals surface area contributed by atoms with Crippen LogP contribution in [0.1, 0.15) is 32.3 Å². The molecule has 0 aliphatic carbocycles. The van der Waals surface area contributed by atoms with E-state index in [-0.39, 0.29) is 12.1 Å². The molecule has 0 heterocycles. The van der Waals surface area contributed by atoms with Crippen molar-refractivity contribution in [1.29, 1.82) is 0 Å². The van der Waals surface area contributed by atoms with Crippen LogP contribution < -0.4 is 0 Å². The molecule has 92 valence electrons. The van der Waals surface area contributed by atoms with Crippen molar-refractivity contribution >= 4 is 5.97 Å². The first kappa shape index (κ1) is 13.5.